The number of phenols is 1. The van der Waals surface area contributed by atoms with Gasteiger partial charge < -0.3 is 25.2 Å². The Bertz CT molecular complexity index is 1510. The van der Waals surface area contributed by atoms with Crippen molar-refractivity contribution < 1.29 is 29.0 Å². The van der Waals surface area contributed by atoms with E-state index in [9.17, 15) is 19.5 Å². The third-order valence-electron chi connectivity index (χ3n) is 6.12. The normalized spacial score (nSPS) is 10.4. The molecule has 8 nitrogen and oxygen atoms in total. The molecule has 204 valence electrons. The molecule has 0 aliphatic rings. The molecule has 0 aliphatic carbocycles. The molecule has 0 heterocycles. The minimum atomic E-state index is -0.480. The van der Waals surface area contributed by atoms with Gasteiger partial charge in [-0.3, -0.25) is 9.59 Å². The van der Waals surface area contributed by atoms with E-state index < -0.39 is 11.9 Å². The lowest BCUT2D eigenvalue weighted by atomic mass is 10.0. The van der Waals surface area contributed by atoms with Gasteiger partial charge in [0.05, 0.1) is 25.0 Å². The molecule has 0 unspecified atom stereocenters. The van der Waals surface area contributed by atoms with Crippen molar-refractivity contribution in [3.05, 3.63) is 108 Å². The van der Waals surface area contributed by atoms with Gasteiger partial charge in [-0.15, -0.1) is 0 Å². The smallest absolute Gasteiger partial charge is 0.338 e. The van der Waals surface area contributed by atoms with Gasteiger partial charge in [-0.2, -0.15) is 0 Å². The number of anilines is 2. The van der Waals surface area contributed by atoms with E-state index in [4.69, 9.17) is 9.47 Å². The van der Waals surface area contributed by atoms with Gasteiger partial charge in [0.2, 0.25) is 0 Å². The number of carbonyl (C=O) groups excluding carboxylic acids is 3. The van der Waals surface area contributed by atoms with Crippen LogP contribution in [0.2, 0.25) is 0 Å². The predicted octanol–water partition coefficient (Wildman–Crippen LogP) is 6.53. The van der Waals surface area contributed by atoms with Crippen molar-refractivity contribution in [2.45, 2.75) is 19.8 Å². The summed E-state index contributed by atoms with van der Waals surface area (Å²) in [6, 6.07) is 25.0. The van der Waals surface area contributed by atoms with Crippen LogP contribution in [0.25, 0.3) is 11.1 Å². The van der Waals surface area contributed by atoms with Crippen LogP contribution in [0, 0.1) is 0 Å². The highest BCUT2D eigenvalue weighted by Gasteiger charge is 2.15. The lowest BCUT2D eigenvalue weighted by molar-refractivity contribution is 0.0499. The highest BCUT2D eigenvalue weighted by atomic mass is 16.5. The number of phenolic OH excluding ortho intramolecular Hbond substituents is 1. The van der Waals surface area contributed by atoms with Crippen LogP contribution < -0.4 is 15.4 Å². The number of carbonyl (C=O) groups is 3. The van der Waals surface area contributed by atoms with Crippen molar-refractivity contribution in [1.29, 1.82) is 0 Å². The largest absolute Gasteiger partial charge is 0.508 e. The van der Waals surface area contributed by atoms with E-state index in [0.717, 1.165) is 24.0 Å². The van der Waals surface area contributed by atoms with E-state index in [2.05, 4.69) is 10.6 Å². The van der Waals surface area contributed by atoms with Crippen molar-refractivity contribution in [3.63, 3.8) is 0 Å². The molecule has 40 heavy (non-hydrogen) atoms. The molecule has 4 aromatic rings. The Balaban J connectivity index is 1.49. The van der Waals surface area contributed by atoms with Gasteiger partial charge in [-0.1, -0.05) is 43.7 Å². The van der Waals surface area contributed by atoms with Gasteiger partial charge in [-0.05, 0) is 78.2 Å². The first kappa shape index (κ1) is 27.9. The number of amides is 2. The standard InChI is InChI=1S/C32H30N2O6/c1-3-4-17-40-32(38)25-10-6-9-24(19-25)30(36)33-26-13-16-29(39-2)28(20-26)34-31(37)23-8-5-7-22(18-23)21-11-14-27(35)15-12-21/h5-16,18-20,35H,3-4,17H2,1-2H3,(H,33,36)(H,34,37). The van der Waals surface area contributed by atoms with Crippen molar-refractivity contribution >= 4 is 29.2 Å². The number of ether oxygens (including phenoxy) is 2. The SMILES string of the molecule is CCCCOC(=O)c1cccc(C(=O)Nc2ccc(OC)c(NC(=O)c3cccc(-c4ccc(O)cc4)c3)c2)c1. The van der Waals surface area contributed by atoms with Crippen molar-refractivity contribution in [2.24, 2.45) is 0 Å². The van der Waals surface area contributed by atoms with E-state index in [1.54, 1.807) is 78.9 Å². The quantitative estimate of drug-likeness (QED) is 0.156. The Morgan fingerprint density at radius 1 is 0.750 bits per heavy atom. The Morgan fingerprint density at radius 3 is 2.15 bits per heavy atom. The molecule has 4 rings (SSSR count). The summed E-state index contributed by atoms with van der Waals surface area (Å²) < 4.78 is 10.6. The van der Waals surface area contributed by atoms with Gasteiger partial charge >= 0.3 is 5.97 Å². The van der Waals surface area contributed by atoms with Crippen LogP contribution in [0.3, 0.4) is 0 Å². The van der Waals surface area contributed by atoms with Gasteiger partial charge in [0, 0.05) is 16.8 Å². The molecule has 0 fully saturated rings. The molecule has 0 bridgehead atoms. The maximum Gasteiger partial charge on any atom is 0.338 e. The first-order chi connectivity index (χ1) is 19.4. The number of nitrogens with one attached hydrogen (secondary N) is 2. The molecule has 0 spiro atoms. The molecule has 0 saturated carbocycles. The number of unbranched alkanes of at least 4 members (excludes halogenated alkanes) is 1. The van der Waals surface area contributed by atoms with E-state index >= 15 is 0 Å². The second kappa shape index (κ2) is 13.1. The van der Waals surface area contributed by atoms with E-state index in [0.29, 0.717) is 34.9 Å². The Labute approximate surface area is 232 Å². The highest BCUT2D eigenvalue weighted by molar-refractivity contribution is 6.08. The zero-order valence-electron chi connectivity index (χ0n) is 22.3. The maximum atomic E-state index is 13.1. The first-order valence-electron chi connectivity index (χ1n) is 12.9. The summed E-state index contributed by atoms with van der Waals surface area (Å²) in [4.78, 5) is 38.4. The number of esters is 1. The molecule has 8 heteroatoms. The topological polar surface area (TPSA) is 114 Å². The van der Waals surface area contributed by atoms with E-state index in [1.807, 2.05) is 13.0 Å². The number of hydrogen-bond donors (Lipinski definition) is 3. The summed E-state index contributed by atoms with van der Waals surface area (Å²) in [5.74, 6) is -0.692. The van der Waals surface area contributed by atoms with Crippen LogP contribution in [0.4, 0.5) is 11.4 Å². The summed E-state index contributed by atoms with van der Waals surface area (Å²) >= 11 is 0. The molecular formula is C32H30N2O6. The lowest BCUT2D eigenvalue weighted by Gasteiger charge is -2.14. The summed E-state index contributed by atoms with van der Waals surface area (Å²) in [7, 11) is 1.49. The Morgan fingerprint density at radius 2 is 1.43 bits per heavy atom. The molecule has 0 saturated heterocycles. The van der Waals surface area contributed by atoms with Crippen molar-refractivity contribution in [2.75, 3.05) is 24.4 Å². The minimum Gasteiger partial charge on any atom is -0.508 e. The molecule has 3 N–H and O–H groups in total. The van der Waals surface area contributed by atoms with Gasteiger partial charge in [-0.25, -0.2) is 4.79 Å². The summed E-state index contributed by atoms with van der Waals surface area (Å²) in [6.07, 6.45) is 1.68. The number of benzene rings is 4. The van der Waals surface area contributed by atoms with Gasteiger partial charge in [0.15, 0.2) is 0 Å². The average molecular weight is 539 g/mol. The van der Waals surface area contributed by atoms with E-state index in [1.165, 1.54) is 13.2 Å². The molecule has 0 aliphatic heterocycles. The maximum absolute atomic E-state index is 13.1. The van der Waals surface area contributed by atoms with Gasteiger partial charge in [0.25, 0.3) is 11.8 Å². The second-order valence-electron chi connectivity index (χ2n) is 9.02. The van der Waals surface area contributed by atoms with Crippen LogP contribution in [0.15, 0.2) is 91.0 Å². The van der Waals surface area contributed by atoms with Gasteiger partial charge in [0.1, 0.15) is 11.5 Å². The fraction of sp³-hybridized carbons (Fsp3) is 0.156. The molecule has 0 radical (unpaired) electrons. The van der Waals surface area contributed by atoms with Crippen LogP contribution in [-0.4, -0.2) is 36.6 Å². The van der Waals surface area contributed by atoms with Crippen LogP contribution in [0.5, 0.6) is 11.5 Å². The molecule has 0 aromatic heterocycles. The van der Waals surface area contributed by atoms with E-state index in [-0.39, 0.29) is 17.2 Å². The number of methoxy groups -OCH3 is 1. The highest BCUT2D eigenvalue weighted by Crippen LogP contribution is 2.29. The third-order valence-corrected chi connectivity index (χ3v) is 6.12. The Kier molecular flexibility index (Phi) is 9.15. The summed E-state index contributed by atoms with van der Waals surface area (Å²) in [5.41, 5.74) is 3.47. The molecule has 0 atom stereocenters. The number of hydrogen-bond acceptors (Lipinski definition) is 6. The van der Waals surface area contributed by atoms with Crippen molar-refractivity contribution in [3.8, 4) is 22.6 Å². The molecule has 4 aromatic carbocycles. The third kappa shape index (κ3) is 7.05. The molecular weight excluding hydrogens is 508 g/mol. The summed E-state index contributed by atoms with van der Waals surface area (Å²) in [6.45, 7) is 2.33. The predicted molar refractivity (Wildman–Crippen MR) is 154 cm³/mol. The monoisotopic (exact) mass is 538 g/mol. The van der Waals surface area contributed by atoms with Crippen LogP contribution >= 0.6 is 0 Å². The zero-order valence-corrected chi connectivity index (χ0v) is 22.3. The second-order valence-corrected chi connectivity index (χ2v) is 9.02. The fourth-order valence-corrected chi connectivity index (χ4v) is 3.95. The Hall–Kier alpha value is -5.11. The first-order valence-corrected chi connectivity index (χ1v) is 12.9. The molecule has 2 amide bonds. The average Bonchev–Trinajstić information content (AvgIpc) is 2.98. The minimum absolute atomic E-state index is 0.161. The number of aromatic hydroxyl groups is 1. The van der Waals surface area contributed by atoms with Crippen LogP contribution in [0.1, 0.15) is 50.8 Å². The fourth-order valence-electron chi connectivity index (χ4n) is 3.95. The number of rotatable bonds is 10. The van der Waals surface area contributed by atoms with Crippen molar-refractivity contribution in [1.82, 2.24) is 0 Å². The van der Waals surface area contributed by atoms with Crippen LogP contribution in [-0.2, 0) is 4.74 Å². The lowest BCUT2D eigenvalue weighted by Crippen LogP contribution is -2.15. The summed E-state index contributed by atoms with van der Waals surface area (Å²) in [5, 5.41) is 15.2. The zero-order chi connectivity index (χ0) is 28.5.